The molecule has 2 amide bonds. The van der Waals surface area contributed by atoms with E-state index in [0.717, 1.165) is 18.4 Å². The maximum atomic E-state index is 12.7. The smallest absolute Gasteiger partial charge is 0.257 e. The number of carbonyl (C=O) groups excluding carboxylic acids is 2. The van der Waals surface area contributed by atoms with Gasteiger partial charge in [-0.1, -0.05) is 6.07 Å². The Hall–Kier alpha value is -3.42. The van der Waals surface area contributed by atoms with Gasteiger partial charge in [-0.05, 0) is 31.0 Å². The van der Waals surface area contributed by atoms with Crippen LogP contribution >= 0.6 is 0 Å². The molecular formula is C20H21N5O3. The summed E-state index contributed by atoms with van der Waals surface area (Å²) >= 11 is 0. The molecule has 1 saturated heterocycles. The van der Waals surface area contributed by atoms with Crippen LogP contribution in [0.25, 0.3) is 5.82 Å². The minimum absolute atomic E-state index is 0.0556. The summed E-state index contributed by atoms with van der Waals surface area (Å²) in [6.07, 6.45) is 9.67. The van der Waals surface area contributed by atoms with Crippen molar-refractivity contribution >= 4 is 11.8 Å². The number of nitrogens with zero attached hydrogens (tertiary/aromatic N) is 4. The van der Waals surface area contributed by atoms with Crippen LogP contribution < -0.4 is 5.32 Å². The van der Waals surface area contributed by atoms with Gasteiger partial charge in [0.2, 0.25) is 5.91 Å². The first-order valence-electron chi connectivity index (χ1n) is 9.25. The molecule has 4 rings (SSSR count). The Labute approximate surface area is 162 Å². The van der Waals surface area contributed by atoms with E-state index in [9.17, 15) is 9.59 Å². The van der Waals surface area contributed by atoms with Crippen LogP contribution in [0.15, 0.2) is 59.8 Å². The van der Waals surface area contributed by atoms with Gasteiger partial charge in [0, 0.05) is 43.8 Å². The number of carbonyl (C=O) groups is 2. The minimum Gasteiger partial charge on any atom is -0.472 e. The second-order valence-electron chi connectivity index (χ2n) is 6.76. The second kappa shape index (κ2) is 8.08. The SMILES string of the molecule is O=C(NCc1cccnc1-n1cccn1)[C@H]1CCCN(C(=O)c2ccoc2)C1. The summed E-state index contributed by atoms with van der Waals surface area (Å²) in [5, 5.41) is 7.20. The third-order valence-electron chi connectivity index (χ3n) is 4.89. The molecule has 1 aliphatic heterocycles. The highest BCUT2D eigenvalue weighted by molar-refractivity contribution is 5.94. The Balaban J connectivity index is 1.39. The number of hydrogen-bond donors (Lipinski definition) is 1. The van der Waals surface area contributed by atoms with Gasteiger partial charge >= 0.3 is 0 Å². The molecule has 8 heteroatoms. The number of piperidine rings is 1. The number of amides is 2. The number of pyridine rings is 1. The van der Waals surface area contributed by atoms with Gasteiger partial charge in [0.25, 0.3) is 5.91 Å². The second-order valence-corrected chi connectivity index (χ2v) is 6.76. The van der Waals surface area contributed by atoms with Gasteiger partial charge in [0.05, 0.1) is 17.7 Å². The molecule has 3 aromatic rings. The zero-order valence-corrected chi connectivity index (χ0v) is 15.3. The normalized spacial score (nSPS) is 16.7. The lowest BCUT2D eigenvalue weighted by molar-refractivity contribution is -0.126. The van der Waals surface area contributed by atoms with Crippen molar-refractivity contribution in [3.05, 3.63) is 66.5 Å². The standard InChI is InChI=1S/C20H21N5O3/c26-19(16-5-2-9-24(13-16)20(27)17-6-11-28-14-17)22-12-15-4-1-7-21-18(15)25-10-3-8-23-25/h1,3-4,6-8,10-11,14,16H,2,5,9,12-13H2,(H,22,26)/t16-/m0/s1. The quantitative estimate of drug-likeness (QED) is 0.732. The first kappa shape index (κ1) is 18.0. The van der Waals surface area contributed by atoms with E-state index in [2.05, 4.69) is 15.4 Å². The lowest BCUT2D eigenvalue weighted by atomic mass is 9.96. The molecule has 0 radical (unpaired) electrons. The molecule has 0 aliphatic carbocycles. The molecule has 1 aliphatic rings. The van der Waals surface area contributed by atoms with Gasteiger partial charge in [0.15, 0.2) is 5.82 Å². The van der Waals surface area contributed by atoms with Crippen LogP contribution in [0.3, 0.4) is 0 Å². The van der Waals surface area contributed by atoms with E-state index in [1.165, 1.54) is 12.5 Å². The molecule has 1 N–H and O–H groups in total. The van der Waals surface area contributed by atoms with Crippen molar-refractivity contribution in [1.29, 1.82) is 0 Å². The number of nitrogens with one attached hydrogen (secondary N) is 1. The maximum Gasteiger partial charge on any atom is 0.257 e. The minimum atomic E-state index is -0.227. The molecule has 8 nitrogen and oxygen atoms in total. The zero-order valence-electron chi connectivity index (χ0n) is 15.3. The Bertz CT molecular complexity index is 937. The van der Waals surface area contributed by atoms with E-state index in [0.29, 0.717) is 31.0 Å². The van der Waals surface area contributed by atoms with Crippen molar-refractivity contribution in [3.8, 4) is 5.82 Å². The first-order valence-corrected chi connectivity index (χ1v) is 9.25. The van der Waals surface area contributed by atoms with Crippen molar-refractivity contribution in [2.75, 3.05) is 13.1 Å². The van der Waals surface area contributed by atoms with Crippen LogP contribution in [0.4, 0.5) is 0 Å². The molecule has 0 bridgehead atoms. The van der Waals surface area contributed by atoms with Crippen molar-refractivity contribution in [2.24, 2.45) is 5.92 Å². The molecular weight excluding hydrogens is 358 g/mol. The van der Waals surface area contributed by atoms with E-state index in [1.807, 2.05) is 24.4 Å². The molecule has 0 unspecified atom stereocenters. The van der Waals surface area contributed by atoms with Gasteiger partial charge in [-0.25, -0.2) is 9.67 Å². The van der Waals surface area contributed by atoms with E-state index in [4.69, 9.17) is 4.42 Å². The molecule has 1 fully saturated rings. The van der Waals surface area contributed by atoms with Crippen molar-refractivity contribution < 1.29 is 14.0 Å². The molecule has 28 heavy (non-hydrogen) atoms. The molecule has 0 aromatic carbocycles. The maximum absolute atomic E-state index is 12.7. The number of aromatic nitrogens is 3. The lowest BCUT2D eigenvalue weighted by Gasteiger charge is -2.31. The number of rotatable bonds is 5. The van der Waals surface area contributed by atoms with Crippen LogP contribution in [0.1, 0.15) is 28.8 Å². The summed E-state index contributed by atoms with van der Waals surface area (Å²) in [5.74, 6) is 0.307. The van der Waals surface area contributed by atoms with Gasteiger partial charge in [0.1, 0.15) is 6.26 Å². The molecule has 3 aromatic heterocycles. The van der Waals surface area contributed by atoms with Crippen LogP contribution in [0.2, 0.25) is 0 Å². The van der Waals surface area contributed by atoms with Crippen LogP contribution in [0, 0.1) is 5.92 Å². The first-order chi connectivity index (χ1) is 13.7. The van der Waals surface area contributed by atoms with Crippen LogP contribution in [-0.4, -0.2) is 44.6 Å². The highest BCUT2D eigenvalue weighted by atomic mass is 16.3. The molecule has 4 heterocycles. The average Bonchev–Trinajstić information content (AvgIpc) is 3.46. The molecule has 144 valence electrons. The largest absolute Gasteiger partial charge is 0.472 e. The summed E-state index contributed by atoms with van der Waals surface area (Å²) < 4.78 is 6.66. The third kappa shape index (κ3) is 3.80. The van der Waals surface area contributed by atoms with Crippen molar-refractivity contribution in [3.63, 3.8) is 0 Å². The van der Waals surface area contributed by atoms with Crippen molar-refractivity contribution in [2.45, 2.75) is 19.4 Å². The Morgan fingerprint density at radius 2 is 2.18 bits per heavy atom. The predicted molar refractivity (Wildman–Crippen MR) is 101 cm³/mol. The van der Waals surface area contributed by atoms with Crippen molar-refractivity contribution in [1.82, 2.24) is 25.0 Å². The predicted octanol–water partition coefficient (Wildman–Crippen LogP) is 2.03. The average molecular weight is 379 g/mol. The van der Waals surface area contributed by atoms with Crippen LogP contribution in [-0.2, 0) is 11.3 Å². The van der Waals surface area contributed by atoms with E-state index in [1.54, 1.807) is 28.0 Å². The fourth-order valence-corrected chi connectivity index (χ4v) is 3.44. The van der Waals surface area contributed by atoms with Crippen LogP contribution in [0.5, 0.6) is 0 Å². The van der Waals surface area contributed by atoms with Gasteiger partial charge in [-0.3, -0.25) is 9.59 Å². The Kier molecular flexibility index (Phi) is 5.18. The van der Waals surface area contributed by atoms with E-state index >= 15 is 0 Å². The monoisotopic (exact) mass is 379 g/mol. The zero-order chi connectivity index (χ0) is 19.3. The Morgan fingerprint density at radius 1 is 1.25 bits per heavy atom. The Morgan fingerprint density at radius 3 is 2.96 bits per heavy atom. The number of furan rings is 1. The van der Waals surface area contributed by atoms with E-state index < -0.39 is 0 Å². The summed E-state index contributed by atoms with van der Waals surface area (Å²) in [7, 11) is 0. The van der Waals surface area contributed by atoms with Gasteiger partial charge in [-0.2, -0.15) is 5.10 Å². The topological polar surface area (TPSA) is 93.3 Å². The fraction of sp³-hybridized carbons (Fsp3) is 0.300. The molecule has 0 spiro atoms. The fourth-order valence-electron chi connectivity index (χ4n) is 3.44. The summed E-state index contributed by atoms with van der Waals surface area (Å²) in [6.45, 7) is 1.42. The third-order valence-corrected chi connectivity index (χ3v) is 4.89. The van der Waals surface area contributed by atoms with Gasteiger partial charge in [-0.15, -0.1) is 0 Å². The summed E-state index contributed by atoms with van der Waals surface area (Å²) in [6, 6.07) is 7.22. The lowest BCUT2D eigenvalue weighted by Crippen LogP contribution is -2.45. The number of likely N-dealkylation sites (tertiary alicyclic amines) is 1. The van der Waals surface area contributed by atoms with Gasteiger partial charge < -0.3 is 14.6 Å². The highest BCUT2D eigenvalue weighted by Gasteiger charge is 2.29. The molecule has 0 saturated carbocycles. The summed E-state index contributed by atoms with van der Waals surface area (Å²) in [5.41, 5.74) is 1.39. The number of hydrogen-bond acceptors (Lipinski definition) is 5. The van der Waals surface area contributed by atoms with E-state index in [-0.39, 0.29) is 17.7 Å². The molecule has 1 atom stereocenters. The summed E-state index contributed by atoms with van der Waals surface area (Å²) in [4.78, 5) is 31.3. The highest BCUT2D eigenvalue weighted by Crippen LogP contribution is 2.19.